The molecule has 14 heavy (non-hydrogen) atoms. The second-order valence-electron chi connectivity index (χ2n) is 3.42. The van der Waals surface area contributed by atoms with Crippen molar-refractivity contribution in [1.82, 2.24) is 0 Å². The van der Waals surface area contributed by atoms with E-state index in [9.17, 15) is 4.39 Å². The molecule has 0 atom stereocenters. The quantitative estimate of drug-likeness (QED) is 0.727. The molecule has 1 aromatic rings. The molecule has 0 unspecified atom stereocenters. The summed E-state index contributed by atoms with van der Waals surface area (Å²) < 4.78 is 12.6. The molecule has 1 aliphatic rings. The maximum absolute atomic E-state index is 12.6. The molecule has 74 valence electrons. The Balaban J connectivity index is 2.03. The minimum atomic E-state index is -0.207. The maximum Gasteiger partial charge on any atom is 0.123 e. The minimum Gasteiger partial charge on any atom is -0.344 e. The molecular formula is C11H13FN2. The summed E-state index contributed by atoms with van der Waals surface area (Å²) >= 11 is 0. The highest BCUT2D eigenvalue weighted by Gasteiger charge is 2.04. The number of hydrogen-bond donors (Lipinski definition) is 1. The van der Waals surface area contributed by atoms with Crippen LogP contribution < -0.4 is 5.32 Å². The van der Waals surface area contributed by atoms with E-state index in [1.165, 1.54) is 25.0 Å². The van der Waals surface area contributed by atoms with E-state index in [-0.39, 0.29) is 5.82 Å². The highest BCUT2D eigenvalue weighted by atomic mass is 19.1. The van der Waals surface area contributed by atoms with Crippen LogP contribution in [0.25, 0.3) is 0 Å². The molecular weight excluding hydrogens is 179 g/mol. The normalized spacial score (nSPS) is 16.2. The van der Waals surface area contributed by atoms with Crippen LogP contribution >= 0.6 is 0 Å². The molecule has 0 radical (unpaired) electrons. The maximum atomic E-state index is 12.6. The Morgan fingerprint density at radius 2 is 1.93 bits per heavy atom. The van der Waals surface area contributed by atoms with Gasteiger partial charge in [0, 0.05) is 18.7 Å². The van der Waals surface area contributed by atoms with Gasteiger partial charge in [-0.2, -0.15) is 0 Å². The van der Waals surface area contributed by atoms with E-state index in [1.54, 1.807) is 12.1 Å². The summed E-state index contributed by atoms with van der Waals surface area (Å²) in [4.78, 5) is 4.36. The zero-order valence-corrected chi connectivity index (χ0v) is 7.96. The summed E-state index contributed by atoms with van der Waals surface area (Å²) in [6, 6.07) is 6.36. The summed E-state index contributed by atoms with van der Waals surface area (Å²) in [5.41, 5.74) is 0.909. The number of rotatable bonds is 1. The largest absolute Gasteiger partial charge is 0.344 e. The van der Waals surface area contributed by atoms with Crippen LogP contribution in [-0.2, 0) is 0 Å². The Bertz CT molecular complexity index is 330. The second-order valence-corrected chi connectivity index (χ2v) is 3.42. The van der Waals surface area contributed by atoms with Crippen molar-refractivity contribution in [1.29, 1.82) is 0 Å². The van der Waals surface area contributed by atoms with Crippen LogP contribution in [-0.4, -0.2) is 12.4 Å². The lowest BCUT2D eigenvalue weighted by Crippen LogP contribution is -2.15. The van der Waals surface area contributed by atoms with Crippen LogP contribution in [0.2, 0.25) is 0 Å². The van der Waals surface area contributed by atoms with Crippen molar-refractivity contribution in [2.24, 2.45) is 4.99 Å². The Hall–Kier alpha value is -1.38. The lowest BCUT2D eigenvalue weighted by Gasteiger charge is -2.13. The van der Waals surface area contributed by atoms with Crippen LogP contribution in [0.3, 0.4) is 0 Å². The first-order valence-electron chi connectivity index (χ1n) is 4.90. The Labute approximate surface area is 82.9 Å². The first-order valence-corrected chi connectivity index (χ1v) is 4.90. The Morgan fingerprint density at radius 1 is 1.14 bits per heavy atom. The topological polar surface area (TPSA) is 24.4 Å². The van der Waals surface area contributed by atoms with Gasteiger partial charge in [0.15, 0.2) is 0 Å². The SMILES string of the molecule is Fc1ccc(NC2=NCCCC2)cc1. The number of nitrogens with one attached hydrogen (secondary N) is 1. The highest BCUT2D eigenvalue weighted by Crippen LogP contribution is 2.12. The van der Waals surface area contributed by atoms with Crippen LogP contribution in [0.5, 0.6) is 0 Å². The Morgan fingerprint density at radius 3 is 2.57 bits per heavy atom. The fraction of sp³-hybridized carbons (Fsp3) is 0.364. The molecule has 2 nitrogen and oxygen atoms in total. The van der Waals surface area contributed by atoms with Crippen molar-refractivity contribution in [3.05, 3.63) is 30.1 Å². The van der Waals surface area contributed by atoms with E-state index in [1.807, 2.05) is 0 Å². The summed E-state index contributed by atoms with van der Waals surface area (Å²) in [5, 5.41) is 3.19. The van der Waals surface area contributed by atoms with Crippen molar-refractivity contribution in [3.63, 3.8) is 0 Å². The second kappa shape index (κ2) is 4.22. The predicted octanol–water partition coefficient (Wildman–Crippen LogP) is 2.82. The van der Waals surface area contributed by atoms with Gasteiger partial charge >= 0.3 is 0 Å². The molecule has 0 aliphatic carbocycles. The number of hydrogen-bond acceptors (Lipinski definition) is 2. The van der Waals surface area contributed by atoms with Gasteiger partial charge in [-0.15, -0.1) is 0 Å². The molecule has 1 N–H and O–H groups in total. The van der Waals surface area contributed by atoms with Gasteiger partial charge in [0.25, 0.3) is 0 Å². The summed E-state index contributed by atoms with van der Waals surface area (Å²) in [6.45, 7) is 0.906. The van der Waals surface area contributed by atoms with Crippen molar-refractivity contribution >= 4 is 11.5 Å². The number of benzene rings is 1. The van der Waals surface area contributed by atoms with Crippen molar-refractivity contribution in [2.75, 3.05) is 11.9 Å². The third kappa shape index (κ3) is 2.31. The highest BCUT2D eigenvalue weighted by molar-refractivity contribution is 5.95. The molecule has 0 fully saturated rings. The predicted molar refractivity (Wildman–Crippen MR) is 56.2 cm³/mol. The van der Waals surface area contributed by atoms with E-state index in [0.717, 1.165) is 24.5 Å². The van der Waals surface area contributed by atoms with Gasteiger partial charge in [0.2, 0.25) is 0 Å². The van der Waals surface area contributed by atoms with Crippen molar-refractivity contribution in [2.45, 2.75) is 19.3 Å². The molecule has 0 saturated carbocycles. The lowest BCUT2D eigenvalue weighted by atomic mass is 10.2. The van der Waals surface area contributed by atoms with Crippen LogP contribution in [0.15, 0.2) is 29.3 Å². The fourth-order valence-corrected chi connectivity index (χ4v) is 1.50. The molecule has 0 spiro atoms. The van der Waals surface area contributed by atoms with E-state index in [0.29, 0.717) is 0 Å². The number of nitrogens with zero attached hydrogens (tertiary/aromatic N) is 1. The van der Waals surface area contributed by atoms with Gasteiger partial charge in [-0.05, 0) is 37.1 Å². The number of halogens is 1. The van der Waals surface area contributed by atoms with E-state index in [4.69, 9.17) is 0 Å². The molecule has 2 rings (SSSR count). The zero-order valence-electron chi connectivity index (χ0n) is 7.96. The lowest BCUT2D eigenvalue weighted by molar-refractivity contribution is 0.628. The first-order chi connectivity index (χ1) is 6.84. The van der Waals surface area contributed by atoms with Gasteiger partial charge in [-0.1, -0.05) is 0 Å². The first kappa shape index (κ1) is 9.19. The van der Waals surface area contributed by atoms with E-state index >= 15 is 0 Å². The van der Waals surface area contributed by atoms with Gasteiger partial charge in [0.1, 0.15) is 11.7 Å². The van der Waals surface area contributed by atoms with Gasteiger partial charge < -0.3 is 5.32 Å². The third-order valence-corrected chi connectivity index (χ3v) is 2.26. The average Bonchev–Trinajstić information content (AvgIpc) is 2.23. The zero-order chi connectivity index (χ0) is 9.80. The molecule has 0 bridgehead atoms. The molecule has 0 aromatic heterocycles. The van der Waals surface area contributed by atoms with Crippen molar-refractivity contribution < 1.29 is 4.39 Å². The molecule has 0 amide bonds. The monoisotopic (exact) mass is 192 g/mol. The van der Waals surface area contributed by atoms with Gasteiger partial charge in [-0.3, -0.25) is 4.99 Å². The summed E-state index contributed by atoms with van der Waals surface area (Å²) in [7, 11) is 0. The smallest absolute Gasteiger partial charge is 0.123 e. The third-order valence-electron chi connectivity index (χ3n) is 2.26. The van der Waals surface area contributed by atoms with Crippen molar-refractivity contribution in [3.8, 4) is 0 Å². The number of amidine groups is 1. The minimum absolute atomic E-state index is 0.207. The van der Waals surface area contributed by atoms with Crippen LogP contribution in [0.4, 0.5) is 10.1 Å². The van der Waals surface area contributed by atoms with Gasteiger partial charge in [0.05, 0.1) is 0 Å². The standard InChI is InChI=1S/C11H13FN2/c12-9-4-6-10(7-5-9)14-11-3-1-2-8-13-11/h4-7H,1-3,8H2,(H,13,14). The molecule has 1 heterocycles. The molecule has 0 saturated heterocycles. The summed E-state index contributed by atoms with van der Waals surface area (Å²) in [6.07, 6.45) is 3.36. The van der Waals surface area contributed by atoms with Gasteiger partial charge in [-0.25, -0.2) is 4.39 Å². The summed E-state index contributed by atoms with van der Waals surface area (Å²) in [5.74, 6) is 0.809. The molecule has 1 aromatic carbocycles. The average molecular weight is 192 g/mol. The molecule has 3 heteroatoms. The Kier molecular flexibility index (Phi) is 2.77. The number of anilines is 1. The van der Waals surface area contributed by atoms with Crippen LogP contribution in [0, 0.1) is 5.82 Å². The van der Waals surface area contributed by atoms with E-state index in [2.05, 4.69) is 10.3 Å². The fourth-order valence-electron chi connectivity index (χ4n) is 1.50. The number of aliphatic imine (C=N–C) groups is 1. The van der Waals surface area contributed by atoms with Crippen LogP contribution in [0.1, 0.15) is 19.3 Å². The molecule has 1 aliphatic heterocycles. The van der Waals surface area contributed by atoms with E-state index < -0.39 is 0 Å².